The molecule has 11 heteroatoms. The van der Waals surface area contributed by atoms with E-state index in [2.05, 4.69) is 15.3 Å². The zero-order valence-electron chi connectivity index (χ0n) is 13.3. The van der Waals surface area contributed by atoms with Crippen molar-refractivity contribution in [2.45, 2.75) is 51.0 Å². The first-order chi connectivity index (χ1) is 11.1. The molecule has 0 aromatic carbocycles. The number of hydrogen-bond acceptors (Lipinski definition) is 5. The monoisotopic (exact) mass is 365 g/mol. The average Bonchev–Trinajstić information content (AvgIpc) is 2.98. The van der Waals surface area contributed by atoms with Crippen molar-refractivity contribution >= 4 is 9.84 Å². The number of hydrogen-bond donors (Lipinski definition) is 0. The minimum absolute atomic E-state index is 0.00870. The van der Waals surface area contributed by atoms with Gasteiger partial charge in [-0.1, -0.05) is 6.92 Å². The van der Waals surface area contributed by atoms with Crippen LogP contribution >= 0.6 is 0 Å². The van der Waals surface area contributed by atoms with Gasteiger partial charge < -0.3 is 4.57 Å². The van der Waals surface area contributed by atoms with E-state index in [0.717, 1.165) is 12.6 Å². The van der Waals surface area contributed by atoms with Crippen LogP contribution in [0.4, 0.5) is 13.2 Å². The number of aryl methyl sites for hydroxylation is 1. The summed E-state index contributed by atoms with van der Waals surface area (Å²) >= 11 is 0. The summed E-state index contributed by atoms with van der Waals surface area (Å²) in [6, 6.07) is 1.27. The largest absolute Gasteiger partial charge is 0.408 e. The first-order valence-corrected chi connectivity index (χ1v) is 9.10. The Morgan fingerprint density at radius 1 is 1.21 bits per heavy atom. The van der Waals surface area contributed by atoms with Crippen LogP contribution in [0.15, 0.2) is 12.3 Å². The number of halogens is 3. The second kappa shape index (κ2) is 6.91. The lowest BCUT2D eigenvalue weighted by Gasteiger charge is -2.11. The first-order valence-electron chi connectivity index (χ1n) is 7.28. The molecule has 0 saturated carbocycles. The Balaban J connectivity index is 2.17. The van der Waals surface area contributed by atoms with Gasteiger partial charge in [0.05, 0.1) is 11.4 Å². The zero-order valence-corrected chi connectivity index (χ0v) is 14.1. The van der Waals surface area contributed by atoms with Gasteiger partial charge in [0.1, 0.15) is 23.9 Å². The number of alkyl halides is 3. The highest BCUT2D eigenvalue weighted by molar-refractivity contribution is 7.89. The Morgan fingerprint density at radius 3 is 2.54 bits per heavy atom. The maximum atomic E-state index is 12.5. The fourth-order valence-corrected chi connectivity index (χ4v) is 3.72. The van der Waals surface area contributed by atoms with E-state index in [9.17, 15) is 21.6 Å². The quantitative estimate of drug-likeness (QED) is 0.748. The highest BCUT2D eigenvalue weighted by Crippen LogP contribution is 2.19. The maximum absolute atomic E-state index is 12.5. The van der Waals surface area contributed by atoms with E-state index in [1.807, 2.05) is 6.92 Å². The van der Waals surface area contributed by atoms with Crippen LogP contribution in [0.25, 0.3) is 0 Å². The summed E-state index contributed by atoms with van der Waals surface area (Å²) in [6.45, 7) is 2.91. The molecule has 0 radical (unpaired) electrons. The lowest BCUT2D eigenvalue weighted by atomic mass is 10.4. The van der Waals surface area contributed by atoms with Crippen LogP contribution in [-0.2, 0) is 34.4 Å². The van der Waals surface area contributed by atoms with Crippen molar-refractivity contribution < 1.29 is 21.6 Å². The van der Waals surface area contributed by atoms with Crippen LogP contribution in [0.2, 0.25) is 0 Å². The molecular weight excluding hydrogens is 347 g/mol. The summed E-state index contributed by atoms with van der Waals surface area (Å²) in [5.74, 6) is -0.0352. The molecule has 2 heterocycles. The third kappa shape index (κ3) is 4.79. The predicted octanol–water partition coefficient (Wildman–Crippen LogP) is 1.87. The predicted molar refractivity (Wildman–Crippen MR) is 79.7 cm³/mol. The van der Waals surface area contributed by atoms with Crippen molar-refractivity contribution in [2.24, 2.45) is 0 Å². The van der Waals surface area contributed by atoms with Gasteiger partial charge >= 0.3 is 6.18 Å². The van der Waals surface area contributed by atoms with Crippen LogP contribution in [0.1, 0.15) is 30.7 Å². The van der Waals surface area contributed by atoms with E-state index >= 15 is 0 Å². The molecule has 0 fully saturated rings. The molecule has 0 atom stereocenters. The van der Waals surface area contributed by atoms with Gasteiger partial charge in [-0.2, -0.15) is 18.3 Å². The summed E-state index contributed by atoms with van der Waals surface area (Å²) < 4.78 is 64.5. The Kier molecular flexibility index (Phi) is 5.31. The molecule has 24 heavy (non-hydrogen) atoms. The third-order valence-electron chi connectivity index (χ3n) is 3.31. The summed E-state index contributed by atoms with van der Waals surface area (Å²) in [7, 11) is -3.71. The van der Waals surface area contributed by atoms with Crippen molar-refractivity contribution in [1.29, 1.82) is 0 Å². The summed E-state index contributed by atoms with van der Waals surface area (Å²) in [6.07, 6.45) is -2.53. The Bertz CT molecular complexity index is 795. The van der Waals surface area contributed by atoms with Crippen LogP contribution in [0.5, 0.6) is 0 Å². The third-order valence-corrected chi connectivity index (χ3v) is 4.74. The number of aromatic nitrogens is 5. The Morgan fingerprint density at radius 2 is 1.92 bits per heavy atom. The maximum Gasteiger partial charge on any atom is 0.408 e. The molecular formula is C13H18F3N5O2S. The Hall–Kier alpha value is -1.91. The number of sulfone groups is 1. The average molecular weight is 365 g/mol. The second-order valence-electron chi connectivity index (χ2n) is 5.44. The molecule has 0 spiro atoms. The zero-order chi connectivity index (χ0) is 18.0. The van der Waals surface area contributed by atoms with Gasteiger partial charge in [-0.05, 0) is 19.4 Å². The summed E-state index contributed by atoms with van der Waals surface area (Å²) in [4.78, 5) is 0. The number of nitrogens with zero attached hydrogens (tertiary/aromatic N) is 5. The van der Waals surface area contributed by atoms with Gasteiger partial charge in [0.2, 0.25) is 0 Å². The van der Waals surface area contributed by atoms with Gasteiger partial charge in [0, 0.05) is 12.7 Å². The normalized spacial score (nSPS) is 12.7. The van der Waals surface area contributed by atoms with Gasteiger partial charge in [-0.25, -0.2) is 8.42 Å². The van der Waals surface area contributed by atoms with Crippen molar-refractivity contribution in [3.8, 4) is 0 Å². The molecule has 7 nitrogen and oxygen atoms in total. The van der Waals surface area contributed by atoms with Crippen molar-refractivity contribution in [3.05, 3.63) is 29.6 Å². The Labute approximate surface area is 137 Å². The fourth-order valence-electron chi connectivity index (χ4n) is 2.31. The van der Waals surface area contributed by atoms with Crippen LogP contribution in [0, 0.1) is 6.92 Å². The minimum atomic E-state index is -4.47. The van der Waals surface area contributed by atoms with E-state index in [0.29, 0.717) is 17.1 Å². The van der Waals surface area contributed by atoms with Gasteiger partial charge in [0.25, 0.3) is 0 Å². The topological polar surface area (TPSA) is 82.7 Å². The molecule has 0 bridgehead atoms. The molecule has 0 saturated heterocycles. The smallest absolute Gasteiger partial charge is 0.314 e. The van der Waals surface area contributed by atoms with E-state index in [1.165, 1.54) is 6.07 Å². The molecule has 0 aliphatic heterocycles. The van der Waals surface area contributed by atoms with Crippen LogP contribution in [-0.4, -0.2) is 39.1 Å². The molecule has 0 N–H and O–H groups in total. The van der Waals surface area contributed by atoms with Crippen molar-refractivity contribution in [2.75, 3.05) is 0 Å². The van der Waals surface area contributed by atoms with E-state index in [-0.39, 0.29) is 17.3 Å². The second-order valence-corrected chi connectivity index (χ2v) is 7.51. The summed E-state index contributed by atoms with van der Waals surface area (Å²) in [5.41, 5.74) is -0.00870. The molecule has 0 unspecified atom stereocenters. The van der Waals surface area contributed by atoms with E-state index in [4.69, 9.17) is 0 Å². The highest BCUT2D eigenvalue weighted by Gasteiger charge is 2.30. The molecule has 2 aromatic rings. The van der Waals surface area contributed by atoms with Crippen LogP contribution < -0.4 is 0 Å². The van der Waals surface area contributed by atoms with Gasteiger partial charge in [-0.15, -0.1) is 10.2 Å². The lowest BCUT2D eigenvalue weighted by molar-refractivity contribution is -0.143. The molecule has 0 aliphatic rings. The molecule has 0 aliphatic carbocycles. The number of rotatable bonds is 7. The van der Waals surface area contributed by atoms with E-state index < -0.39 is 28.3 Å². The van der Waals surface area contributed by atoms with Gasteiger partial charge in [0.15, 0.2) is 9.84 Å². The van der Waals surface area contributed by atoms with Crippen molar-refractivity contribution in [3.63, 3.8) is 0 Å². The van der Waals surface area contributed by atoms with E-state index in [1.54, 1.807) is 11.5 Å². The molecule has 2 rings (SSSR count). The fraction of sp³-hybridized carbons (Fsp3) is 0.615. The molecule has 0 amide bonds. The lowest BCUT2D eigenvalue weighted by Crippen LogP contribution is -2.22. The minimum Gasteiger partial charge on any atom is -0.314 e. The summed E-state index contributed by atoms with van der Waals surface area (Å²) in [5, 5.41) is 11.3. The molecule has 2 aromatic heterocycles. The highest BCUT2D eigenvalue weighted by atomic mass is 32.2. The molecule has 134 valence electrons. The SMILES string of the molecule is CCCn1c(C)nnc1CS(=O)(=O)Cc1ccnn1CC(F)(F)F. The standard InChI is InChI=1S/C13H18F3N5O2S/c1-3-6-20-10(2)18-19-12(20)8-24(22,23)7-11-4-5-17-21(11)9-13(14,15)16/h4-5H,3,6-9H2,1-2H3. The van der Waals surface area contributed by atoms with Crippen molar-refractivity contribution in [1.82, 2.24) is 24.5 Å². The van der Waals surface area contributed by atoms with Gasteiger partial charge in [-0.3, -0.25) is 4.68 Å². The van der Waals surface area contributed by atoms with Crippen LogP contribution in [0.3, 0.4) is 0 Å². The first kappa shape index (κ1) is 18.4.